The van der Waals surface area contributed by atoms with Crippen LogP contribution < -0.4 is 11.1 Å². The van der Waals surface area contributed by atoms with Crippen molar-refractivity contribution in [3.8, 4) is 0 Å². The molecule has 0 saturated carbocycles. The molecular formula is C15H23FN2. The molecule has 3 N–H and O–H groups in total. The highest BCUT2D eigenvalue weighted by atomic mass is 19.1. The van der Waals surface area contributed by atoms with Gasteiger partial charge in [-0.2, -0.15) is 0 Å². The first kappa shape index (κ1) is 13.5. The minimum Gasteiger partial charge on any atom is -0.330 e. The zero-order valence-corrected chi connectivity index (χ0v) is 11.2. The van der Waals surface area contributed by atoms with Crippen LogP contribution in [0.3, 0.4) is 0 Å². The molecule has 0 bridgehead atoms. The Balaban J connectivity index is 2.24. The van der Waals surface area contributed by atoms with Crippen LogP contribution in [0.15, 0.2) is 24.3 Å². The molecule has 0 fully saturated rings. The van der Waals surface area contributed by atoms with Crippen LogP contribution in [0.1, 0.15) is 31.0 Å². The maximum absolute atomic E-state index is 14.7. The normalized spacial score (nSPS) is 22.6. The Hall–Kier alpha value is -0.930. The van der Waals surface area contributed by atoms with Gasteiger partial charge in [0.15, 0.2) is 0 Å². The standard InChI is InChI=1S/C15H23FN2/c1-10(2)13(9-17)14(16)15-12-6-4-3-5-11(12)7-8-18-15/h3-6,10,13-15,18H,7-9,17H2,1-2H3. The third-order valence-corrected chi connectivity index (χ3v) is 4.00. The van der Waals surface area contributed by atoms with E-state index < -0.39 is 6.17 Å². The highest BCUT2D eigenvalue weighted by Crippen LogP contribution is 2.32. The molecule has 1 aliphatic rings. The highest BCUT2D eigenvalue weighted by molar-refractivity contribution is 5.33. The molecule has 0 saturated heterocycles. The van der Waals surface area contributed by atoms with E-state index >= 15 is 0 Å². The quantitative estimate of drug-likeness (QED) is 0.861. The van der Waals surface area contributed by atoms with Gasteiger partial charge < -0.3 is 11.1 Å². The van der Waals surface area contributed by atoms with Crippen LogP contribution in [0.25, 0.3) is 0 Å². The fourth-order valence-corrected chi connectivity index (χ4v) is 2.84. The Morgan fingerprint density at radius 1 is 1.39 bits per heavy atom. The van der Waals surface area contributed by atoms with Gasteiger partial charge in [-0.3, -0.25) is 0 Å². The van der Waals surface area contributed by atoms with Crippen LogP contribution in [0, 0.1) is 11.8 Å². The number of hydrogen-bond donors (Lipinski definition) is 2. The van der Waals surface area contributed by atoms with E-state index in [1.165, 1.54) is 5.56 Å². The lowest BCUT2D eigenvalue weighted by molar-refractivity contribution is 0.136. The summed E-state index contributed by atoms with van der Waals surface area (Å²) in [4.78, 5) is 0. The minimum absolute atomic E-state index is 0.0892. The molecule has 1 heterocycles. The molecule has 3 unspecified atom stereocenters. The molecule has 1 aliphatic heterocycles. The molecule has 0 spiro atoms. The molecule has 18 heavy (non-hydrogen) atoms. The van der Waals surface area contributed by atoms with Gasteiger partial charge in [0.1, 0.15) is 6.17 Å². The Morgan fingerprint density at radius 3 is 2.78 bits per heavy atom. The summed E-state index contributed by atoms with van der Waals surface area (Å²) in [6.07, 6.45) is 0.0606. The van der Waals surface area contributed by atoms with E-state index in [-0.39, 0.29) is 17.9 Å². The maximum Gasteiger partial charge on any atom is 0.124 e. The first-order valence-corrected chi connectivity index (χ1v) is 6.80. The number of rotatable bonds is 4. The molecule has 1 aromatic carbocycles. The second-order valence-electron chi connectivity index (χ2n) is 5.47. The van der Waals surface area contributed by atoms with Gasteiger partial charge in [0.05, 0.1) is 6.04 Å². The van der Waals surface area contributed by atoms with Crippen molar-refractivity contribution in [3.63, 3.8) is 0 Å². The lowest BCUT2D eigenvalue weighted by Gasteiger charge is -2.34. The third kappa shape index (κ3) is 2.57. The van der Waals surface area contributed by atoms with Gasteiger partial charge in [-0.1, -0.05) is 38.1 Å². The van der Waals surface area contributed by atoms with E-state index in [0.29, 0.717) is 6.54 Å². The van der Waals surface area contributed by atoms with E-state index in [2.05, 4.69) is 11.4 Å². The van der Waals surface area contributed by atoms with Gasteiger partial charge in [-0.05, 0) is 36.6 Å². The van der Waals surface area contributed by atoms with Crippen LogP contribution in [0.2, 0.25) is 0 Å². The Bertz CT molecular complexity index is 392. The van der Waals surface area contributed by atoms with Crippen molar-refractivity contribution in [1.29, 1.82) is 0 Å². The van der Waals surface area contributed by atoms with E-state index in [1.54, 1.807) is 0 Å². The number of nitrogens with two attached hydrogens (primary N) is 1. The summed E-state index contributed by atoms with van der Waals surface area (Å²) in [5, 5.41) is 3.31. The van der Waals surface area contributed by atoms with Crippen molar-refractivity contribution >= 4 is 0 Å². The monoisotopic (exact) mass is 250 g/mol. The Kier molecular flexibility index (Phi) is 4.36. The van der Waals surface area contributed by atoms with Gasteiger partial charge in [-0.15, -0.1) is 0 Å². The number of hydrogen-bond acceptors (Lipinski definition) is 2. The molecular weight excluding hydrogens is 227 g/mol. The van der Waals surface area contributed by atoms with Crippen molar-refractivity contribution in [2.75, 3.05) is 13.1 Å². The van der Waals surface area contributed by atoms with Crippen LogP contribution in [-0.4, -0.2) is 19.3 Å². The van der Waals surface area contributed by atoms with Gasteiger partial charge >= 0.3 is 0 Å². The van der Waals surface area contributed by atoms with E-state index in [9.17, 15) is 4.39 Å². The lowest BCUT2D eigenvalue weighted by atomic mass is 9.82. The van der Waals surface area contributed by atoms with Gasteiger partial charge in [-0.25, -0.2) is 4.39 Å². The largest absolute Gasteiger partial charge is 0.330 e. The number of nitrogens with one attached hydrogen (secondary N) is 1. The molecule has 2 nitrogen and oxygen atoms in total. The average Bonchev–Trinajstić information content (AvgIpc) is 2.38. The first-order valence-electron chi connectivity index (χ1n) is 6.80. The van der Waals surface area contributed by atoms with Gasteiger partial charge in [0, 0.05) is 5.92 Å². The van der Waals surface area contributed by atoms with Crippen molar-refractivity contribution in [2.45, 2.75) is 32.5 Å². The molecule has 0 amide bonds. The zero-order valence-electron chi connectivity index (χ0n) is 11.2. The Morgan fingerprint density at radius 2 is 2.11 bits per heavy atom. The first-order chi connectivity index (χ1) is 8.65. The van der Waals surface area contributed by atoms with Crippen LogP contribution in [-0.2, 0) is 6.42 Å². The molecule has 2 rings (SSSR count). The predicted octanol–water partition coefficient (Wildman–Crippen LogP) is 2.44. The number of halogens is 1. The predicted molar refractivity (Wildman–Crippen MR) is 73.2 cm³/mol. The number of fused-ring (bicyclic) bond motifs is 1. The van der Waals surface area contributed by atoms with Gasteiger partial charge in [0.25, 0.3) is 0 Å². The third-order valence-electron chi connectivity index (χ3n) is 4.00. The topological polar surface area (TPSA) is 38.0 Å². The number of alkyl halides is 1. The lowest BCUT2D eigenvalue weighted by Crippen LogP contribution is -2.42. The van der Waals surface area contributed by atoms with Gasteiger partial charge in [0.2, 0.25) is 0 Å². The smallest absolute Gasteiger partial charge is 0.124 e. The second-order valence-corrected chi connectivity index (χ2v) is 5.47. The summed E-state index contributed by atoms with van der Waals surface area (Å²) in [5.74, 6) is 0.176. The summed E-state index contributed by atoms with van der Waals surface area (Å²) in [5.41, 5.74) is 8.11. The Labute approximate surface area is 109 Å². The van der Waals surface area contributed by atoms with Crippen LogP contribution >= 0.6 is 0 Å². The molecule has 1 aromatic rings. The van der Waals surface area contributed by atoms with Crippen molar-refractivity contribution in [1.82, 2.24) is 5.32 Å². The minimum atomic E-state index is -0.920. The van der Waals surface area contributed by atoms with Crippen molar-refractivity contribution in [2.24, 2.45) is 17.6 Å². The summed E-state index contributed by atoms with van der Waals surface area (Å²) >= 11 is 0. The average molecular weight is 250 g/mol. The summed E-state index contributed by atoms with van der Waals surface area (Å²) in [6.45, 7) is 5.33. The number of benzene rings is 1. The molecule has 0 radical (unpaired) electrons. The summed E-state index contributed by atoms with van der Waals surface area (Å²) in [7, 11) is 0. The maximum atomic E-state index is 14.7. The molecule has 0 aromatic heterocycles. The summed E-state index contributed by atoms with van der Waals surface area (Å²) in [6, 6.07) is 7.94. The molecule has 100 valence electrons. The highest BCUT2D eigenvalue weighted by Gasteiger charge is 2.33. The molecule has 3 atom stereocenters. The fraction of sp³-hybridized carbons (Fsp3) is 0.600. The van der Waals surface area contributed by atoms with E-state index in [0.717, 1.165) is 18.5 Å². The molecule has 0 aliphatic carbocycles. The van der Waals surface area contributed by atoms with Crippen molar-refractivity contribution in [3.05, 3.63) is 35.4 Å². The van der Waals surface area contributed by atoms with Crippen LogP contribution in [0.5, 0.6) is 0 Å². The second kappa shape index (κ2) is 5.81. The fourth-order valence-electron chi connectivity index (χ4n) is 2.84. The SMILES string of the molecule is CC(C)C(CN)C(F)C1NCCc2ccccc21. The molecule has 3 heteroatoms. The van der Waals surface area contributed by atoms with E-state index in [4.69, 9.17) is 5.73 Å². The van der Waals surface area contributed by atoms with Crippen molar-refractivity contribution < 1.29 is 4.39 Å². The van der Waals surface area contributed by atoms with Crippen LogP contribution in [0.4, 0.5) is 4.39 Å². The zero-order chi connectivity index (χ0) is 13.1. The summed E-state index contributed by atoms with van der Waals surface area (Å²) < 4.78 is 14.7. The van der Waals surface area contributed by atoms with E-state index in [1.807, 2.05) is 32.0 Å².